The lowest BCUT2D eigenvalue weighted by Crippen LogP contribution is -2.19. The first kappa shape index (κ1) is 14.5. The Hall–Kier alpha value is -1.94. The zero-order chi connectivity index (χ0) is 14.7. The minimum absolute atomic E-state index is 0.311. The van der Waals surface area contributed by atoms with Crippen LogP contribution in [-0.2, 0) is 0 Å². The molecule has 104 valence electrons. The van der Waals surface area contributed by atoms with Crippen LogP contribution in [0.3, 0.4) is 0 Å². The highest BCUT2D eigenvalue weighted by Gasteiger charge is 2.05. The van der Waals surface area contributed by atoms with Crippen LogP contribution in [0, 0.1) is 26.6 Å². The summed E-state index contributed by atoms with van der Waals surface area (Å²) in [6.07, 6.45) is 0. The van der Waals surface area contributed by atoms with E-state index in [-0.39, 0.29) is 5.82 Å². The third-order valence-electron chi connectivity index (χ3n) is 3.14. The summed E-state index contributed by atoms with van der Waals surface area (Å²) in [5.74, 6) is -0.311. The van der Waals surface area contributed by atoms with E-state index in [0.29, 0.717) is 10.8 Å². The highest BCUT2D eigenvalue weighted by atomic mass is 32.1. The minimum Gasteiger partial charge on any atom is -0.332 e. The maximum absolute atomic E-state index is 13.7. The second-order valence-electron chi connectivity index (χ2n) is 4.86. The van der Waals surface area contributed by atoms with E-state index >= 15 is 0 Å². The highest BCUT2D eigenvalue weighted by molar-refractivity contribution is 7.80. The molecule has 0 bridgehead atoms. The fourth-order valence-corrected chi connectivity index (χ4v) is 2.05. The van der Waals surface area contributed by atoms with E-state index in [9.17, 15) is 4.39 Å². The largest absolute Gasteiger partial charge is 0.332 e. The number of anilines is 2. The van der Waals surface area contributed by atoms with Gasteiger partial charge in [-0.05, 0) is 73.9 Å². The molecule has 0 atom stereocenters. The van der Waals surface area contributed by atoms with Crippen LogP contribution in [0.2, 0.25) is 0 Å². The summed E-state index contributed by atoms with van der Waals surface area (Å²) in [5, 5.41) is 6.29. The molecule has 2 rings (SSSR count). The molecule has 0 unspecified atom stereocenters. The van der Waals surface area contributed by atoms with Gasteiger partial charge < -0.3 is 10.6 Å². The van der Waals surface area contributed by atoms with Gasteiger partial charge in [0.25, 0.3) is 0 Å². The molecule has 0 aliphatic rings. The van der Waals surface area contributed by atoms with Crippen molar-refractivity contribution in [3.63, 3.8) is 0 Å². The summed E-state index contributed by atoms with van der Waals surface area (Å²) in [7, 11) is 0. The van der Waals surface area contributed by atoms with Gasteiger partial charge in [0.1, 0.15) is 5.82 Å². The Labute approximate surface area is 124 Å². The fraction of sp³-hybridized carbons (Fsp3) is 0.188. The zero-order valence-corrected chi connectivity index (χ0v) is 12.6. The van der Waals surface area contributed by atoms with E-state index in [1.54, 1.807) is 6.07 Å². The molecule has 4 heteroatoms. The van der Waals surface area contributed by atoms with Gasteiger partial charge in [0.15, 0.2) is 5.11 Å². The lowest BCUT2D eigenvalue weighted by molar-refractivity contribution is 0.631. The van der Waals surface area contributed by atoms with Crippen molar-refractivity contribution in [3.05, 3.63) is 58.9 Å². The molecule has 20 heavy (non-hydrogen) atoms. The lowest BCUT2D eigenvalue weighted by Gasteiger charge is -2.12. The van der Waals surface area contributed by atoms with E-state index in [1.807, 2.05) is 38.1 Å². The van der Waals surface area contributed by atoms with Crippen LogP contribution in [0.4, 0.5) is 15.8 Å². The van der Waals surface area contributed by atoms with E-state index in [1.165, 1.54) is 17.2 Å². The Morgan fingerprint density at radius 2 is 1.70 bits per heavy atom. The topological polar surface area (TPSA) is 24.1 Å². The van der Waals surface area contributed by atoms with Crippen molar-refractivity contribution >= 4 is 28.7 Å². The summed E-state index contributed by atoms with van der Waals surface area (Å²) in [4.78, 5) is 0. The molecule has 0 aromatic heterocycles. The first-order chi connectivity index (χ1) is 9.45. The molecule has 2 N–H and O–H groups in total. The normalized spacial score (nSPS) is 10.2. The van der Waals surface area contributed by atoms with Crippen molar-refractivity contribution in [2.24, 2.45) is 0 Å². The quantitative estimate of drug-likeness (QED) is 0.792. The molecule has 0 aliphatic heterocycles. The van der Waals surface area contributed by atoms with Gasteiger partial charge in [-0.1, -0.05) is 12.1 Å². The van der Waals surface area contributed by atoms with E-state index in [4.69, 9.17) is 12.2 Å². The monoisotopic (exact) mass is 288 g/mol. The molecular weight excluding hydrogens is 271 g/mol. The third kappa shape index (κ3) is 3.54. The number of benzene rings is 2. The van der Waals surface area contributed by atoms with E-state index in [0.717, 1.165) is 11.3 Å². The van der Waals surface area contributed by atoms with Gasteiger partial charge in [-0.25, -0.2) is 4.39 Å². The third-order valence-corrected chi connectivity index (χ3v) is 3.34. The maximum atomic E-state index is 13.7. The predicted octanol–water partition coefficient (Wildman–Crippen LogP) is 4.56. The highest BCUT2D eigenvalue weighted by Crippen LogP contribution is 2.17. The van der Waals surface area contributed by atoms with Crippen molar-refractivity contribution in [2.45, 2.75) is 20.8 Å². The summed E-state index contributed by atoms with van der Waals surface area (Å²) in [6.45, 7) is 5.94. The molecule has 0 amide bonds. The maximum Gasteiger partial charge on any atom is 0.175 e. The number of aryl methyl sites for hydroxylation is 3. The summed E-state index contributed by atoms with van der Waals surface area (Å²) >= 11 is 5.20. The molecule has 0 spiro atoms. The van der Waals surface area contributed by atoms with Gasteiger partial charge in [0, 0.05) is 5.69 Å². The van der Waals surface area contributed by atoms with Crippen LogP contribution in [0.1, 0.15) is 16.7 Å². The van der Waals surface area contributed by atoms with Crippen molar-refractivity contribution in [1.82, 2.24) is 0 Å². The van der Waals surface area contributed by atoms with Crippen LogP contribution in [-0.4, -0.2) is 5.11 Å². The first-order valence-corrected chi connectivity index (χ1v) is 6.78. The molecule has 2 nitrogen and oxygen atoms in total. The predicted molar refractivity (Wildman–Crippen MR) is 86.9 cm³/mol. The lowest BCUT2D eigenvalue weighted by atomic mass is 10.1. The van der Waals surface area contributed by atoms with Gasteiger partial charge >= 0.3 is 0 Å². The van der Waals surface area contributed by atoms with Crippen LogP contribution in [0.15, 0.2) is 36.4 Å². The standard InChI is InChI=1S/C16H17FN2S/c1-10-4-7-15(14(17)8-10)19-16(20)18-13-6-5-11(2)12(3)9-13/h4-9H,1-3H3,(H2,18,19,20). The van der Waals surface area contributed by atoms with Crippen molar-refractivity contribution < 1.29 is 4.39 Å². The van der Waals surface area contributed by atoms with Gasteiger partial charge in [-0.15, -0.1) is 0 Å². The first-order valence-electron chi connectivity index (χ1n) is 6.37. The van der Waals surface area contributed by atoms with Gasteiger partial charge in [0.2, 0.25) is 0 Å². The minimum atomic E-state index is -0.311. The Morgan fingerprint density at radius 3 is 2.35 bits per heavy atom. The number of rotatable bonds is 2. The molecule has 2 aromatic rings. The van der Waals surface area contributed by atoms with Crippen molar-refractivity contribution in [3.8, 4) is 0 Å². The molecule has 0 saturated heterocycles. The van der Waals surface area contributed by atoms with Gasteiger partial charge in [-0.2, -0.15) is 0 Å². The summed E-state index contributed by atoms with van der Waals surface area (Å²) in [6, 6.07) is 11.0. The summed E-state index contributed by atoms with van der Waals surface area (Å²) < 4.78 is 13.7. The van der Waals surface area contributed by atoms with Crippen LogP contribution in [0.25, 0.3) is 0 Å². The van der Waals surface area contributed by atoms with Crippen LogP contribution < -0.4 is 10.6 Å². The summed E-state index contributed by atoms with van der Waals surface area (Å²) in [5.41, 5.74) is 4.54. The molecule has 2 aromatic carbocycles. The van der Waals surface area contributed by atoms with Crippen molar-refractivity contribution in [1.29, 1.82) is 0 Å². The average Bonchev–Trinajstić information content (AvgIpc) is 2.37. The SMILES string of the molecule is Cc1ccc(NC(=S)Nc2ccc(C)c(C)c2)c(F)c1. The number of hydrogen-bond donors (Lipinski definition) is 2. The molecular formula is C16H17FN2S. The molecule has 0 heterocycles. The fourth-order valence-electron chi connectivity index (χ4n) is 1.83. The number of hydrogen-bond acceptors (Lipinski definition) is 1. The molecule has 0 saturated carbocycles. The molecule has 0 aliphatic carbocycles. The van der Waals surface area contributed by atoms with Crippen LogP contribution >= 0.6 is 12.2 Å². The van der Waals surface area contributed by atoms with E-state index < -0.39 is 0 Å². The molecule has 0 fully saturated rings. The van der Waals surface area contributed by atoms with Crippen LogP contribution in [0.5, 0.6) is 0 Å². The Balaban J connectivity index is 2.07. The number of nitrogens with one attached hydrogen (secondary N) is 2. The zero-order valence-electron chi connectivity index (χ0n) is 11.8. The molecule has 0 radical (unpaired) electrons. The number of halogens is 1. The smallest absolute Gasteiger partial charge is 0.175 e. The Morgan fingerprint density at radius 1 is 0.950 bits per heavy atom. The van der Waals surface area contributed by atoms with E-state index in [2.05, 4.69) is 17.6 Å². The second-order valence-corrected chi connectivity index (χ2v) is 5.27. The second kappa shape index (κ2) is 6.01. The van der Waals surface area contributed by atoms with Gasteiger partial charge in [0.05, 0.1) is 5.69 Å². The number of thiocarbonyl (C=S) groups is 1. The Bertz CT molecular complexity index is 653. The average molecular weight is 288 g/mol. The van der Waals surface area contributed by atoms with Crippen molar-refractivity contribution in [2.75, 3.05) is 10.6 Å². The Kier molecular flexibility index (Phi) is 4.35. The van der Waals surface area contributed by atoms with Gasteiger partial charge in [-0.3, -0.25) is 0 Å².